The van der Waals surface area contributed by atoms with Crippen molar-refractivity contribution in [3.63, 3.8) is 0 Å². The molecular formula is C22H24N2O4S. The molecule has 0 saturated heterocycles. The highest BCUT2D eigenvalue weighted by Gasteiger charge is 2.53. The number of rotatable bonds is 6. The van der Waals surface area contributed by atoms with Crippen LogP contribution in [0.4, 0.5) is 5.69 Å². The van der Waals surface area contributed by atoms with Crippen molar-refractivity contribution in [1.82, 2.24) is 0 Å². The highest BCUT2D eigenvalue weighted by Crippen LogP contribution is 2.42. The zero-order valence-corrected chi connectivity index (χ0v) is 17.4. The van der Waals surface area contributed by atoms with Gasteiger partial charge in [-0.25, -0.2) is 8.42 Å². The van der Waals surface area contributed by atoms with Gasteiger partial charge in [0.1, 0.15) is 11.8 Å². The summed E-state index contributed by atoms with van der Waals surface area (Å²) < 4.78 is 31.1. The SMILES string of the molecule is Cc1ccc(C)c(S(=O)(=O)C2(C(=O)Nc3cccc(OCC#N)c3)CCCC2)c1. The monoisotopic (exact) mass is 412 g/mol. The van der Waals surface area contributed by atoms with E-state index >= 15 is 0 Å². The van der Waals surface area contributed by atoms with Crippen LogP contribution in [0.2, 0.25) is 0 Å². The Morgan fingerprint density at radius 2 is 1.90 bits per heavy atom. The average Bonchev–Trinajstić information content (AvgIpc) is 3.20. The van der Waals surface area contributed by atoms with Crippen LogP contribution < -0.4 is 10.1 Å². The van der Waals surface area contributed by atoms with Gasteiger partial charge in [-0.15, -0.1) is 0 Å². The van der Waals surface area contributed by atoms with Gasteiger partial charge in [-0.2, -0.15) is 5.26 Å². The Morgan fingerprint density at radius 1 is 1.17 bits per heavy atom. The Kier molecular flexibility index (Phi) is 5.94. The third-order valence-electron chi connectivity index (χ3n) is 5.37. The van der Waals surface area contributed by atoms with Gasteiger partial charge in [0.25, 0.3) is 0 Å². The second-order valence-electron chi connectivity index (χ2n) is 7.40. The number of nitriles is 1. The number of hydrogen-bond donors (Lipinski definition) is 1. The molecule has 2 aromatic rings. The van der Waals surface area contributed by atoms with Crippen molar-refractivity contribution >= 4 is 21.4 Å². The number of aryl methyl sites for hydroxylation is 2. The number of ether oxygens (including phenoxy) is 1. The van der Waals surface area contributed by atoms with Gasteiger partial charge >= 0.3 is 0 Å². The first-order valence-electron chi connectivity index (χ1n) is 9.53. The number of carbonyl (C=O) groups is 1. The fourth-order valence-electron chi connectivity index (χ4n) is 3.80. The van der Waals surface area contributed by atoms with Crippen molar-refractivity contribution in [1.29, 1.82) is 5.26 Å². The third kappa shape index (κ3) is 3.99. The van der Waals surface area contributed by atoms with E-state index in [-0.39, 0.29) is 11.5 Å². The van der Waals surface area contributed by atoms with Crippen LogP contribution in [-0.4, -0.2) is 25.7 Å². The lowest BCUT2D eigenvalue weighted by Gasteiger charge is -2.28. The molecule has 29 heavy (non-hydrogen) atoms. The van der Waals surface area contributed by atoms with Crippen molar-refractivity contribution in [3.8, 4) is 11.8 Å². The minimum atomic E-state index is -3.88. The van der Waals surface area contributed by atoms with Gasteiger partial charge < -0.3 is 10.1 Å². The van der Waals surface area contributed by atoms with E-state index in [4.69, 9.17) is 10.00 Å². The summed E-state index contributed by atoms with van der Waals surface area (Å²) in [6.07, 6.45) is 1.95. The van der Waals surface area contributed by atoms with Crippen molar-refractivity contribution in [3.05, 3.63) is 53.6 Å². The maximum atomic E-state index is 13.6. The van der Waals surface area contributed by atoms with E-state index in [0.717, 1.165) is 5.56 Å². The summed E-state index contributed by atoms with van der Waals surface area (Å²) >= 11 is 0. The second kappa shape index (κ2) is 8.26. The molecule has 0 aliphatic heterocycles. The minimum Gasteiger partial charge on any atom is -0.479 e. The lowest BCUT2D eigenvalue weighted by molar-refractivity contribution is -0.118. The summed E-state index contributed by atoms with van der Waals surface area (Å²) in [5, 5.41) is 11.4. The fourth-order valence-corrected chi connectivity index (χ4v) is 6.17. The van der Waals surface area contributed by atoms with Crippen LogP contribution in [0.5, 0.6) is 5.75 Å². The van der Waals surface area contributed by atoms with Crippen molar-refractivity contribution in [2.45, 2.75) is 49.2 Å². The summed E-state index contributed by atoms with van der Waals surface area (Å²) in [4.78, 5) is 13.5. The molecular weight excluding hydrogens is 388 g/mol. The predicted molar refractivity (Wildman–Crippen MR) is 110 cm³/mol. The first-order chi connectivity index (χ1) is 13.8. The number of amides is 1. The van der Waals surface area contributed by atoms with Crippen LogP contribution in [0.3, 0.4) is 0 Å². The van der Waals surface area contributed by atoms with Crippen LogP contribution >= 0.6 is 0 Å². The van der Waals surface area contributed by atoms with E-state index in [2.05, 4.69) is 5.32 Å². The quantitative estimate of drug-likeness (QED) is 0.775. The first-order valence-corrected chi connectivity index (χ1v) is 11.0. The van der Waals surface area contributed by atoms with Crippen molar-refractivity contribution in [2.75, 3.05) is 11.9 Å². The highest BCUT2D eigenvalue weighted by atomic mass is 32.2. The Bertz CT molecular complexity index is 1060. The van der Waals surface area contributed by atoms with Crippen LogP contribution in [0.1, 0.15) is 36.8 Å². The van der Waals surface area contributed by atoms with E-state index < -0.39 is 20.5 Å². The van der Waals surface area contributed by atoms with Crippen molar-refractivity contribution < 1.29 is 17.9 Å². The Morgan fingerprint density at radius 3 is 2.59 bits per heavy atom. The zero-order valence-electron chi connectivity index (χ0n) is 16.6. The minimum absolute atomic E-state index is 0.109. The molecule has 0 heterocycles. The normalized spacial score (nSPS) is 15.5. The van der Waals surface area contributed by atoms with E-state index in [1.54, 1.807) is 43.3 Å². The number of sulfone groups is 1. The largest absolute Gasteiger partial charge is 0.479 e. The van der Waals surface area contributed by atoms with E-state index in [0.29, 0.717) is 42.7 Å². The predicted octanol–water partition coefficient (Wildman–Crippen LogP) is 3.93. The third-order valence-corrected chi connectivity index (χ3v) is 8.01. The van der Waals surface area contributed by atoms with Crippen LogP contribution in [0.25, 0.3) is 0 Å². The molecule has 1 amide bonds. The molecule has 0 radical (unpaired) electrons. The molecule has 1 saturated carbocycles. The molecule has 1 aliphatic carbocycles. The van der Waals surface area contributed by atoms with Crippen LogP contribution in [0.15, 0.2) is 47.4 Å². The number of carbonyl (C=O) groups excluding carboxylic acids is 1. The molecule has 1 aliphatic rings. The van der Waals surface area contributed by atoms with Gasteiger partial charge in [0, 0.05) is 11.8 Å². The molecule has 2 aromatic carbocycles. The standard InChI is InChI=1S/C22H24N2O4S/c1-16-8-9-17(2)20(14-16)29(26,27)22(10-3-4-11-22)21(25)24-18-6-5-7-19(15-18)28-13-12-23/h5-9,14-15H,3-4,10-11,13H2,1-2H3,(H,24,25). The zero-order chi connectivity index (χ0) is 21.1. The second-order valence-corrected chi connectivity index (χ2v) is 9.63. The van der Waals surface area contributed by atoms with Gasteiger partial charge in [-0.1, -0.05) is 31.0 Å². The topological polar surface area (TPSA) is 96.3 Å². The summed E-state index contributed by atoms with van der Waals surface area (Å²) in [5.41, 5.74) is 1.92. The van der Waals surface area contributed by atoms with Gasteiger partial charge in [0.05, 0.1) is 4.90 Å². The Labute approximate surface area is 171 Å². The molecule has 1 fully saturated rings. The fraction of sp³-hybridized carbons (Fsp3) is 0.364. The molecule has 3 rings (SSSR count). The highest BCUT2D eigenvalue weighted by molar-refractivity contribution is 7.93. The van der Waals surface area contributed by atoms with Gasteiger partial charge in [0.15, 0.2) is 21.2 Å². The number of anilines is 1. The molecule has 0 aromatic heterocycles. The van der Waals surface area contributed by atoms with Crippen LogP contribution in [0, 0.1) is 25.2 Å². The van der Waals surface area contributed by atoms with Crippen LogP contribution in [-0.2, 0) is 14.6 Å². The summed E-state index contributed by atoms with van der Waals surface area (Å²) in [5.74, 6) is -0.0875. The van der Waals surface area contributed by atoms with Gasteiger partial charge in [-0.3, -0.25) is 4.79 Å². The number of benzene rings is 2. The first kappa shape index (κ1) is 20.9. The molecule has 0 atom stereocenters. The molecule has 0 bridgehead atoms. The molecule has 6 nitrogen and oxygen atoms in total. The van der Waals surface area contributed by atoms with Gasteiger partial charge in [-0.05, 0) is 56.0 Å². The summed E-state index contributed by atoms with van der Waals surface area (Å²) in [7, 11) is -3.88. The molecule has 7 heteroatoms. The Hall–Kier alpha value is -2.85. The molecule has 1 N–H and O–H groups in total. The van der Waals surface area contributed by atoms with E-state index in [9.17, 15) is 13.2 Å². The average molecular weight is 413 g/mol. The maximum Gasteiger partial charge on any atom is 0.246 e. The summed E-state index contributed by atoms with van der Waals surface area (Å²) in [6.45, 7) is 3.48. The molecule has 0 unspecified atom stereocenters. The molecule has 0 spiro atoms. The Balaban J connectivity index is 1.96. The number of hydrogen-bond acceptors (Lipinski definition) is 5. The number of nitrogens with zero attached hydrogens (tertiary/aromatic N) is 1. The van der Waals surface area contributed by atoms with Crippen molar-refractivity contribution in [2.24, 2.45) is 0 Å². The summed E-state index contributed by atoms with van der Waals surface area (Å²) in [6, 6.07) is 13.8. The van der Waals surface area contributed by atoms with E-state index in [1.165, 1.54) is 0 Å². The lowest BCUT2D eigenvalue weighted by atomic mass is 10.1. The maximum absolute atomic E-state index is 13.6. The smallest absolute Gasteiger partial charge is 0.246 e. The van der Waals surface area contributed by atoms with E-state index in [1.807, 2.05) is 19.1 Å². The lowest BCUT2D eigenvalue weighted by Crippen LogP contribution is -2.47. The molecule has 152 valence electrons. The van der Waals surface area contributed by atoms with Gasteiger partial charge in [0.2, 0.25) is 5.91 Å². The number of nitrogens with one attached hydrogen (secondary N) is 1.